The van der Waals surface area contributed by atoms with E-state index in [1.807, 2.05) is 0 Å². The van der Waals surface area contributed by atoms with E-state index in [0.717, 1.165) is 47.3 Å². The molecule has 7 fully saturated rings. The minimum absolute atomic E-state index is 0.0371. The first kappa shape index (κ1) is 8.97. The molecule has 2 N–H and O–H groups in total. The Morgan fingerprint density at radius 3 is 1.33 bits per heavy atom. The van der Waals surface area contributed by atoms with E-state index in [4.69, 9.17) is 0 Å². The minimum Gasteiger partial charge on any atom is -0.393 e. The number of aliphatic hydroxyl groups excluding tert-OH is 2. The van der Waals surface area contributed by atoms with E-state index >= 15 is 0 Å². The maximum Gasteiger partial charge on any atom is 0.0608 e. The predicted octanol–water partition coefficient (Wildman–Crippen LogP) is 0.978. The van der Waals surface area contributed by atoms with Crippen LogP contribution >= 0.6 is 0 Å². The molecular formula is C16H20O2. The Bertz CT molecular complexity index is 431. The van der Waals surface area contributed by atoms with Crippen molar-refractivity contribution in [3.8, 4) is 0 Å². The number of hydrogen-bond donors (Lipinski definition) is 2. The second-order valence-electron chi connectivity index (χ2n) is 8.66. The van der Waals surface area contributed by atoms with E-state index in [0.29, 0.717) is 23.7 Å². The van der Waals surface area contributed by atoms with Crippen LogP contribution in [-0.4, -0.2) is 22.4 Å². The van der Waals surface area contributed by atoms with Crippen molar-refractivity contribution < 1.29 is 10.2 Å². The number of aliphatic hydroxyl groups is 2. The molecule has 14 atom stereocenters. The van der Waals surface area contributed by atoms with E-state index in [1.165, 1.54) is 12.8 Å². The highest BCUT2D eigenvalue weighted by Gasteiger charge is 2.86. The van der Waals surface area contributed by atoms with Crippen LogP contribution in [0, 0.1) is 71.0 Å². The van der Waals surface area contributed by atoms with Gasteiger partial charge >= 0.3 is 0 Å². The molecule has 0 spiro atoms. The Morgan fingerprint density at radius 1 is 0.444 bits per heavy atom. The first-order valence-electron chi connectivity index (χ1n) is 8.17. The molecule has 2 heteroatoms. The summed E-state index contributed by atoms with van der Waals surface area (Å²) < 4.78 is 0. The molecule has 0 saturated heterocycles. The Labute approximate surface area is 107 Å². The quantitative estimate of drug-likeness (QED) is 0.667. The molecule has 18 heavy (non-hydrogen) atoms. The van der Waals surface area contributed by atoms with Crippen molar-refractivity contribution in [2.24, 2.45) is 71.0 Å². The fraction of sp³-hybridized carbons (Fsp3) is 1.00. The summed E-state index contributed by atoms with van der Waals surface area (Å²) in [4.78, 5) is 0. The van der Waals surface area contributed by atoms with Crippen LogP contribution in [0.25, 0.3) is 0 Å². The normalized spacial score (nSPS) is 87.0. The Kier molecular flexibility index (Phi) is 1.11. The molecule has 0 amide bonds. The van der Waals surface area contributed by atoms with Gasteiger partial charge in [-0.3, -0.25) is 0 Å². The Balaban J connectivity index is 1.58. The zero-order chi connectivity index (χ0) is 11.5. The monoisotopic (exact) mass is 244 g/mol. The molecule has 7 aliphatic carbocycles. The third-order valence-corrected chi connectivity index (χ3v) is 9.28. The Morgan fingerprint density at radius 2 is 0.833 bits per heavy atom. The fourth-order valence-electron chi connectivity index (χ4n) is 9.73. The van der Waals surface area contributed by atoms with Gasteiger partial charge in [-0.1, -0.05) is 0 Å². The largest absolute Gasteiger partial charge is 0.393 e. The summed E-state index contributed by atoms with van der Waals surface area (Å²) in [6, 6.07) is 0. The highest BCUT2D eigenvalue weighted by Crippen LogP contribution is 2.87. The lowest BCUT2D eigenvalue weighted by atomic mass is 9.59. The molecular weight excluding hydrogens is 224 g/mol. The van der Waals surface area contributed by atoms with Crippen molar-refractivity contribution in [3.05, 3.63) is 0 Å². The average Bonchev–Trinajstić information content (AvgIpc) is 2.98. The van der Waals surface area contributed by atoms with Gasteiger partial charge in [0.15, 0.2) is 0 Å². The van der Waals surface area contributed by atoms with E-state index in [9.17, 15) is 10.2 Å². The summed E-state index contributed by atoms with van der Waals surface area (Å²) in [5, 5.41) is 21.6. The molecule has 0 heterocycles. The second-order valence-corrected chi connectivity index (χ2v) is 8.66. The third kappa shape index (κ3) is 0.541. The summed E-state index contributed by atoms with van der Waals surface area (Å²) >= 11 is 0. The van der Waals surface area contributed by atoms with Crippen LogP contribution in [0.3, 0.4) is 0 Å². The number of hydrogen-bond acceptors (Lipinski definition) is 2. The first-order valence-corrected chi connectivity index (χ1v) is 8.17. The SMILES string of the molecule is O[C@@H]1[C@@H]2[C@H]3[C@H](O)[C@H]4[C@H]5C6C7[C@H]4CC[C@@H]7[C@H]1[C@@H]6[C@@H]2[C@@H]53. The van der Waals surface area contributed by atoms with E-state index in [-0.39, 0.29) is 12.2 Å². The van der Waals surface area contributed by atoms with Crippen LogP contribution < -0.4 is 0 Å². The van der Waals surface area contributed by atoms with Crippen LogP contribution in [0.5, 0.6) is 0 Å². The molecule has 7 rings (SSSR count). The van der Waals surface area contributed by atoms with Gasteiger partial charge in [-0.25, -0.2) is 0 Å². The predicted molar refractivity (Wildman–Crippen MR) is 63.1 cm³/mol. The van der Waals surface area contributed by atoms with Crippen LogP contribution in [0.4, 0.5) is 0 Å². The van der Waals surface area contributed by atoms with Crippen LogP contribution in [-0.2, 0) is 0 Å². The lowest BCUT2D eigenvalue weighted by Crippen LogP contribution is -2.49. The fourth-order valence-corrected chi connectivity index (χ4v) is 9.73. The maximum absolute atomic E-state index is 10.8. The summed E-state index contributed by atoms with van der Waals surface area (Å²) in [6.07, 6.45) is 2.67. The van der Waals surface area contributed by atoms with Crippen molar-refractivity contribution in [2.75, 3.05) is 0 Å². The standard InChI is InChI=1S/C16H20O2/c17-15-6-3-1-2-4-5(3)8-9(6)11-12-10(8)7(4)16(18)14(12)13(11)15/h3-18H,1-2H2/t3-,4+,5?,6-,7+,8?,9-,10-,11+,12+,13-,14-,15-,16+/m0/s1. The summed E-state index contributed by atoms with van der Waals surface area (Å²) in [5.74, 6) is 9.38. The Hall–Kier alpha value is -0.0800. The third-order valence-electron chi connectivity index (χ3n) is 9.28. The second kappa shape index (κ2) is 2.22. The van der Waals surface area contributed by atoms with Gasteiger partial charge in [0.05, 0.1) is 12.2 Å². The van der Waals surface area contributed by atoms with Gasteiger partial charge in [-0.05, 0) is 83.9 Å². The van der Waals surface area contributed by atoms with E-state index in [2.05, 4.69) is 0 Å². The van der Waals surface area contributed by atoms with Crippen molar-refractivity contribution in [2.45, 2.75) is 25.0 Å². The van der Waals surface area contributed by atoms with E-state index in [1.54, 1.807) is 0 Å². The van der Waals surface area contributed by atoms with Gasteiger partial charge in [-0.2, -0.15) is 0 Å². The van der Waals surface area contributed by atoms with Crippen LogP contribution in [0.15, 0.2) is 0 Å². The van der Waals surface area contributed by atoms with Gasteiger partial charge in [-0.15, -0.1) is 0 Å². The van der Waals surface area contributed by atoms with Gasteiger partial charge in [0.1, 0.15) is 0 Å². The van der Waals surface area contributed by atoms with Crippen molar-refractivity contribution >= 4 is 0 Å². The molecule has 7 aliphatic rings. The first-order chi connectivity index (χ1) is 8.80. The molecule has 7 saturated carbocycles. The maximum atomic E-state index is 10.8. The van der Waals surface area contributed by atoms with Gasteiger partial charge in [0.25, 0.3) is 0 Å². The van der Waals surface area contributed by atoms with Crippen molar-refractivity contribution in [1.29, 1.82) is 0 Å². The smallest absolute Gasteiger partial charge is 0.0608 e. The molecule has 0 aromatic carbocycles. The average molecular weight is 244 g/mol. The van der Waals surface area contributed by atoms with Crippen molar-refractivity contribution in [1.82, 2.24) is 0 Å². The molecule has 0 aromatic heterocycles. The minimum atomic E-state index is -0.0371. The molecule has 2 nitrogen and oxygen atoms in total. The molecule has 0 radical (unpaired) electrons. The lowest BCUT2D eigenvalue weighted by Gasteiger charge is -2.47. The van der Waals surface area contributed by atoms with Crippen molar-refractivity contribution in [3.63, 3.8) is 0 Å². The van der Waals surface area contributed by atoms with Gasteiger partial charge < -0.3 is 10.2 Å². The van der Waals surface area contributed by atoms with E-state index < -0.39 is 0 Å². The summed E-state index contributed by atoms with van der Waals surface area (Å²) in [7, 11) is 0. The zero-order valence-corrected chi connectivity index (χ0v) is 10.4. The number of fused-ring (bicyclic) bond motifs is 3. The van der Waals surface area contributed by atoms with Gasteiger partial charge in [0, 0.05) is 0 Å². The number of rotatable bonds is 0. The lowest BCUT2D eigenvalue weighted by molar-refractivity contribution is -0.0896. The van der Waals surface area contributed by atoms with Crippen LogP contribution in [0.2, 0.25) is 0 Å². The molecule has 2 unspecified atom stereocenters. The molecule has 0 bridgehead atoms. The highest BCUT2D eigenvalue weighted by atomic mass is 16.3. The topological polar surface area (TPSA) is 40.5 Å². The zero-order valence-electron chi connectivity index (χ0n) is 10.4. The summed E-state index contributed by atoms with van der Waals surface area (Å²) in [6.45, 7) is 0. The molecule has 96 valence electrons. The van der Waals surface area contributed by atoms with Crippen LogP contribution in [0.1, 0.15) is 12.8 Å². The molecule has 0 aromatic rings. The highest BCUT2D eigenvalue weighted by molar-refractivity contribution is 5.33. The summed E-state index contributed by atoms with van der Waals surface area (Å²) in [5.41, 5.74) is 0. The molecule has 0 aliphatic heterocycles. The van der Waals surface area contributed by atoms with Gasteiger partial charge in [0.2, 0.25) is 0 Å².